The van der Waals surface area contributed by atoms with Crippen molar-refractivity contribution < 1.29 is 0 Å². The molecule has 1 fully saturated rings. The standard InChI is InChI=1S/C19H34N6/c1-5-20-19(21-11-15-8-9-24(4)12-15)22-17-7-6-16-13-25(14(2)3)23-18(16)10-17/h13-15,17H,5-12H2,1-4H3,(H2,20,21,22). The highest BCUT2D eigenvalue weighted by molar-refractivity contribution is 5.80. The topological polar surface area (TPSA) is 57.5 Å². The van der Waals surface area contributed by atoms with Crippen molar-refractivity contribution in [3.05, 3.63) is 17.5 Å². The van der Waals surface area contributed by atoms with Crippen LogP contribution in [0.2, 0.25) is 0 Å². The molecule has 1 saturated heterocycles. The molecule has 6 heteroatoms. The fourth-order valence-corrected chi connectivity index (χ4v) is 3.81. The highest BCUT2D eigenvalue weighted by Crippen LogP contribution is 2.22. The molecule has 0 spiro atoms. The van der Waals surface area contributed by atoms with Gasteiger partial charge in [0.05, 0.1) is 5.69 Å². The average Bonchev–Trinajstić information content (AvgIpc) is 3.18. The first-order valence-corrected chi connectivity index (χ1v) is 9.85. The number of aliphatic imine (C=N–C) groups is 1. The van der Waals surface area contributed by atoms with Gasteiger partial charge in [0.2, 0.25) is 0 Å². The van der Waals surface area contributed by atoms with E-state index in [0.29, 0.717) is 18.0 Å². The van der Waals surface area contributed by atoms with Crippen molar-refractivity contribution in [2.75, 3.05) is 33.2 Å². The molecule has 6 nitrogen and oxygen atoms in total. The van der Waals surface area contributed by atoms with Crippen molar-refractivity contribution in [1.29, 1.82) is 0 Å². The summed E-state index contributed by atoms with van der Waals surface area (Å²) in [6.45, 7) is 10.7. The van der Waals surface area contributed by atoms with E-state index < -0.39 is 0 Å². The summed E-state index contributed by atoms with van der Waals surface area (Å²) >= 11 is 0. The molecule has 140 valence electrons. The molecule has 1 aliphatic carbocycles. The van der Waals surface area contributed by atoms with Crippen LogP contribution in [0.4, 0.5) is 0 Å². The highest BCUT2D eigenvalue weighted by atomic mass is 15.3. The Morgan fingerprint density at radius 3 is 2.92 bits per heavy atom. The van der Waals surface area contributed by atoms with Crippen molar-refractivity contribution in [2.45, 2.75) is 58.5 Å². The quantitative estimate of drug-likeness (QED) is 0.631. The lowest BCUT2D eigenvalue weighted by molar-refractivity contribution is 0.397. The van der Waals surface area contributed by atoms with Crippen molar-refractivity contribution >= 4 is 5.96 Å². The maximum atomic E-state index is 4.86. The first-order valence-electron chi connectivity index (χ1n) is 9.85. The van der Waals surface area contributed by atoms with Crippen LogP contribution in [0.3, 0.4) is 0 Å². The van der Waals surface area contributed by atoms with Crippen LogP contribution in [0.25, 0.3) is 0 Å². The number of likely N-dealkylation sites (tertiary alicyclic amines) is 1. The maximum absolute atomic E-state index is 4.86. The van der Waals surface area contributed by atoms with E-state index in [1.165, 1.54) is 30.8 Å². The maximum Gasteiger partial charge on any atom is 0.191 e. The van der Waals surface area contributed by atoms with Crippen LogP contribution in [0.15, 0.2) is 11.2 Å². The lowest BCUT2D eigenvalue weighted by Crippen LogP contribution is -2.46. The summed E-state index contributed by atoms with van der Waals surface area (Å²) in [5.74, 6) is 1.66. The van der Waals surface area contributed by atoms with Crippen LogP contribution in [-0.4, -0.2) is 59.9 Å². The Labute approximate surface area is 152 Å². The van der Waals surface area contributed by atoms with Gasteiger partial charge in [-0.25, -0.2) is 0 Å². The molecule has 0 bridgehead atoms. The first kappa shape index (κ1) is 18.2. The Morgan fingerprint density at radius 1 is 1.40 bits per heavy atom. The molecule has 1 aliphatic heterocycles. The van der Waals surface area contributed by atoms with E-state index in [1.54, 1.807) is 0 Å². The molecule has 0 saturated carbocycles. The van der Waals surface area contributed by atoms with Gasteiger partial charge in [-0.1, -0.05) is 0 Å². The van der Waals surface area contributed by atoms with Gasteiger partial charge in [0.25, 0.3) is 0 Å². The summed E-state index contributed by atoms with van der Waals surface area (Å²) < 4.78 is 2.10. The molecule has 0 radical (unpaired) electrons. The Kier molecular flexibility index (Phi) is 5.99. The zero-order valence-electron chi connectivity index (χ0n) is 16.3. The number of aromatic nitrogens is 2. The minimum absolute atomic E-state index is 0.423. The highest BCUT2D eigenvalue weighted by Gasteiger charge is 2.23. The van der Waals surface area contributed by atoms with Crippen LogP contribution in [0, 0.1) is 5.92 Å². The summed E-state index contributed by atoms with van der Waals surface area (Å²) in [7, 11) is 2.20. The zero-order valence-corrected chi connectivity index (χ0v) is 16.3. The molecule has 2 heterocycles. The second kappa shape index (κ2) is 8.21. The number of nitrogens with zero attached hydrogens (tertiary/aromatic N) is 4. The summed E-state index contributed by atoms with van der Waals surface area (Å²) in [4.78, 5) is 7.25. The van der Waals surface area contributed by atoms with Gasteiger partial charge in [0.15, 0.2) is 5.96 Å². The summed E-state index contributed by atoms with van der Waals surface area (Å²) in [5, 5.41) is 11.8. The first-order chi connectivity index (χ1) is 12.0. The molecule has 25 heavy (non-hydrogen) atoms. The smallest absolute Gasteiger partial charge is 0.191 e. The van der Waals surface area contributed by atoms with Crippen LogP contribution >= 0.6 is 0 Å². The van der Waals surface area contributed by atoms with Gasteiger partial charge in [-0.05, 0) is 65.1 Å². The monoisotopic (exact) mass is 346 g/mol. The van der Waals surface area contributed by atoms with Crippen molar-refractivity contribution in [3.63, 3.8) is 0 Å². The van der Waals surface area contributed by atoms with E-state index in [-0.39, 0.29) is 0 Å². The lowest BCUT2D eigenvalue weighted by Gasteiger charge is -2.24. The van der Waals surface area contributed by atoms with Gasteiger partial charge in [0, 0.05) is 44.3 Å². The average molecular weight is 347 g/mol. The molecule has 2 N–H and O–H groups in total. The minimum atomic E-state index is 0.423. The molecular formula is C19H34N6. The molecule has 0 aromatic carbocycles. The fourth-order valence-electron chi connectivity index (χ4n) is 3.81. The predicted molar refractivity (Wildman–Crippen MR) is 103 cm³/mol. The number of hydrogen-bond acceptors (Lipinski definition) is 3. The van der Waals surface area contributed by atoms with E-state index in [0.717, 1.165) is 38.3 Å². The number of hydrogen-bond donors (Lipinski definition) is 2. The minimum Gasteiger partial charge on any atom is -0.357 e. The predicted octanol–water partition coefficient (Wildman–Crippen LogP) is 1.83. The van der Waals surface area contributed by atoms with Crippen LogP contribution < -0.4 is 10.6 Å². The summed E-state index contributed by atoms with van der Waals surface area (Å²) in [5.41, 5.74) is 2.67. The van der Waals surface area contributed by atoms with Gasteiger partial charge in [-0.2, -0.15) is 5.10 Å². The number of nitrogens with one attached hydrogen (secondary N) is 2. The number of aryl methyl sites for hydroxylation is 1. The van der Waals surface area contributed by atoms with E-state index in [2.05, 4.69) is 54.2 Å². The summed E-state index contributed by atoms with van der Waals surface area (Å²) in [6, 6.07) is 0.854. The van der Waals surface area contributed by atoms with Crippen LogP contribution in [-0.2, 0) is 12.8 Å². The Hall–Kier alpha value is -1.56. The molecule has 1 aromatic heterocycles. The lowest BCUT2D eigenvalue weighted by atomic mass is 9.94. The van der Waals surface area contributed by atoms with E-state index >= 15 is 0 Å². The van der Waals surface area contributed by atoms with Gasteiger partial charge < -0.3 is 15.5 Å². The third-order valence-electron chi connectivity index (χ3n) is 5.31. The molecule has 2 aliphatic rings. The van der Waals surface area contributed by atoms with Crippen molar-refractivity contribution in [3.8, 4) is 0 Å². The molecule has 2 unspecified atom stereocenters. The van der Waals surface area contributed by atoms with Crippen molar-refractivity contribution in [2.24, 2.45) is 10.9 Å². The fraction of sp³-hybridized carbons (Fsp3) is 0.789. The van der Waals surface area contributed by atoms with E-state index in [4.69, 9.17) is 10.1 Å². The third kappa shape index (κ3) is 4.75. The van der Waals surface area contributed by atoms with Gasteiger partial charge >= 0.3 is 0 Å². The molecule has 3 rings (SSSR count). The Morgan fingerprint density at radius 2 is 2.24 bits per heavy atom. The third-order valence-corrected chi connectivity index (χ3v) is 5.31. The second-order valence-corrected chi connectivity index (χ2v) is 7.90. The van der Waals surface area contributed by atoms with Crippen molar-refractivity contribution in [1.82, 2.24) is 25.3 Å². The van der Waals surface area contributed by atoms with E-state index in [1.807, 2.05) is 0 Å². The number of rotatable bonds is 5. The van der Waals surface area contributed by atoms with Gasteiger partial charge in [-0.3, -0.25) is 9.67 Å². The zero-order chi connectivity index (χ0) is 17.8. The molecule has 0 amide bonds. The largest absolute Gasteiger partial charge is 0.357 e. The summed E-state index contributed by atoms with van der Waals surface area (Å²) in [6.07, 6.45) is 6.73. The van der Waals surface area contributed by atoms with Crippen LogP contribution in [0.1, 0.15) is 50.9 Å². The Balaban J connectivity index is 1.58. The molecule has 1 aromatic rings. The number of guanidine groups is 1. The second-order valence-electron chi connectivity index (χ2n) is 7.90. The molecular weight excluding hydrogens is 312 g/mol. The van der Waals surface area contributed by atoms with E-state index in [9.17, 15) is 0 Å². The van der Waals surface area contributed by atoms with Gasteiger partial charge in [-0.15, -0.1) is 0 Å². The normalized spacial score (nSPS) is 24.6. The molecule has 2 atom stereocenters. The SMILES string of the molecule is CCNC(=NCC1CCN(C)C1)NC1CCc2cn(C(C)C)nc2C1. The van der Waals surface area contributed by atoms with Gasteiger partial charge in [0.1, 0.15) is 0 Å². The number of fused-ring (bicyclic) bond motifs is 1. The Bertz CT molecular complexity index is 591. The van der Waals surface area contributed by atoms with Crippen LogP contribution in [0.5, 0.6) is 0 Å².